The van der Waals surface area contributed by atoms with E-state index < -0.39 is 0 Å². The fourth-order valence-corrected chi connectivity index (χ4v) is 3.93. The maximum absolute atomic E-state index is 12.5. The number of hydrogen-bond acceptors (Lipinski definition) is 4. The molecule has 2 aliphatic rings. The molecule has 0 unspecified atom stereocenters. The summed E-state index contributed by atoms with van der Waals surface area (Å²) >= 11 is 0. The van der Waals surface area contributed by atoms with Crippen LogP contribution in [0, 0.1) is 0 Å². The van der Waals surface area contributed by atoms with Crippen LogP contribution in [0.25, 0.3) is 0 Å². The smallest absolute Gasteiger partial charge is 0.265 e. The molecule has 0 spiro atoms. The number of fused-ring (bicyclic) bond motifs is 1. The van der Waals surface area contributed by atoms with Crippen molar-refractivity contribution in [2.75, 3.05) is 44.2 Å². The number of benzene rings is 1. The summed E-state index contributed by atoms with van der Waals surface area (Å²) in [7, 11) is 0. The molecule has 29 heavy (non-hydrogen) atoms. The molecule has 6 nitrogen and oxygen atoms in total. The Morgan fingerprint density at radius 3 is 2.55 bits per heavy atom. The maximum Gasteiger partial charge on any atom is 0.265 e. The predicted octanol–water partition coefficient (Wildman–Crippen LogP) is 3.09. The lowest BCUT2D eigenvalue weighted by molar-refractivity contribution is -0.125. The average Bonchev–Trinajstić information content (AvgIpc) is 2.95. The van der Waals surface area contributed by atoms with Crippen molar-refractivity contribution in [2.45, 2.75) is 58.3 Å². The lowest BCUT2D eigenvalue weighted by atomic mass is 9.86. The van der Waals surface area contributed by atoms with Crippen molar-refractivity contribution in [1.82, 2.24) is 10.2 Å². The Kier molecular flexibility index (Phi) is 7.17. The Balaban J connectivity index is 1.54. The standard InChI is InChI=1S/C23H35N3O3/c1-23(2,3)18-9-10-20-19(15-18)26(22(28)17-29-20)16-21(27)24-11-8-14-25-12-6-4-5-7-13-25/h9-10,15H,4-8,11-14,16-17H2,1-3H3,(H,24,27). The van der Waals surface area contributed by atoms with Gasteiger partial charge in [-0.3, -0.25) is 14.5 Å². The first-order valence-corrected chi connectivity index (χ1v) is 10.9. The van der Waals surface area contributed by atoms with Gasteiger partial charge in [-0.15, -0.1) is 0 Å². The highest BCUT2D eigenvalue weighted by Crippen LogP contribution is 2.36. The van der Waals surface area contributed by atoms with Crippen molar-refractivity contribution in [2.24, 2.45) is 0 Å². The molecule has 1 aromatic carbocycles. The minimum Gasteiger partial charge on any atom is -0.482 e. The summed E-state index contributed by atoms with van der Waals surface area (Å²) < 4.78 is 5.56. The molecular formula is C23H35N3O3. The molecule has 0 aliphatic carbocycles. The third kappa shape index (κ3) is 5.95. The summed E-state index contributed by atoms with van der Waals surface area (Å²) in [6.07, 6.45) is 6.16. The van der Waals surface area contributed by atoms with Gasteiger partial charge in [-0.25, -0.2) is 0 Å². The van der Waals surface area contributed by atoms with Gasteiger partial charge in [0.15, 0.2) is 6.61 Å². The summed E-state index contributed by atoms with van der Waals surface area (Å²) in [4.78, 5) is 29.0. The highest BCUT2D eigenvalue weighted by atomic mass is 16.5. The number of rotatable bonds is 6. The van der Waals surface area contributed by atoms with Gasteiger partial charge >= 0.3 is 0 Å². The molecule has 0 aromatic heterocycles. The van der Waals surface area contributed by atoms with Gasteiger partial charge in [-0.2, -0.15) is 0 Å². The van der Waals surface area contributed by atoms with E-state index in [4.69, 9.17) is 4.74 Å². The van der Waals surface area contributed by atoms with Crippen LogP contribution >= 0.6 is 0 Å². The molecule has 160 valence electrons. The lowest BCUT2D eigenvalue weighted by Crippen LogP contribution is -2.45. The first kappa shape index (κ1) is 21.6. The minimum atomic E-state index is -0.178. The fraction of sp³-hybridized carbons (Fsp3) is 0.652. The number of nitrogens with one attached hydrogen (secondary N) is 1. The number of ether oxygens (including phenoxy) is 1. The first-order valence-electron chi connectivity index (χ1n) is 10.9. The summed E-state index contributed by atoms with van der Waals surface area (Å²) in [6, 6.07) is 5.89. The molecule has 2 heterocycles. The Bertz CT molecular complexity index is 719. The zero-order valence-corrected chi connectivity index (χ0v) is 18.1. The van der Waals surface area contributed by atoms with Crippen molar-refractivity contribution in [1.29, 1.82) is 0 Å². The molecule has 0 radical (unpaired) electrons. The van der Waals surface area contributed by atoms with Crippen molar-refractivity contribution >= 4 is 17.5 Å². The molecule has 1 fully saturated rings. The van der Waals surface area contributed by atoms with E-state index in [9.17, 15) is 9.59 Å². The molecule has 0 atom stereocenters. The fourth-order valence-electron chi connectivity index (χ4n) is 3.93. The second-order valence-corrected chi connectivity index (χ2v) is 9.16. The SMILES string of the molecule is CC(C)(C)c1ccc2c(c1)N(CC(=O)NCCCN1CCCCCC1)C(=O)CO2. The number of carbonyl (C=O) groups excluding carboxylic acids is 2. The van der Waals surface area contributed by atoms with Crippen LogP contribution in [0.3, 0.4) is 0 Å². The second kappa shape index (κ2) is 9.61. The van der Waals surface area contributed by atoms with E-state index in [1.807, 2.05) is 18.2 Å². The molecule has 1 saturated heterocycles. The molecule has 3 rings (SSSR count). The predicted molar refractivity (Wildman–Crippen MR) is 116 cm³/mol. The van der Waals surface area contributed by atoms with E-state index in [-0.39, 0.29) is 30.4 Å². The molecule has 6 heteroatoms. The Morgan fingerprint density at radius 2 is 1.86 bits per heavy atom. The quantitative estimate of drug-likeness (QED) is 0.744. The van der Waals surface area contributed by atoms with Crippen LogP contribution in [0.4, 0.5) is 5.69 Å². The van der Waals surface area contributed by atoms with Gasteiger partial charge in [0.2, 0.25) is 5.91 Å². The molecule has 0 saturated carbocycles. The number of likely N-dealkylation sites (tertiary alicyclic amines) is 1. The summed E-state index contributed by atoms with van der Waals surface area (Å²) in [5, 5.41) is 2.98. The second-order valence-electron chi connectivity index (χ2n) is 9.16. The van der Waals surface area contributed by atoms with E-state index in [0.717, 1.165) is 18.5 Å². The van der Waals surface area contributed by atoms with Crippen LogP contribution in [0.2, 0.25) is 0 Å². The maximum atomic E-state index is 12.5. The normalized spacial score (nSPS) is 18.0. The van der Waals surface area contributed by atoms with Crippen LogP contribution in [0.5, 0.6) is 5.75 Å². The van der Waals surface area contributed by atoms with E-state index in [0.29, 0.717) is 18.0 Å². The van der Waals surface area contributed by atoms with Gasteiger partial charge in [-0.05, 0) is 62.0 Å². The average molecular weight is 402 g/mol. The van der Waals surface area contributed by atoms with E-state index in [1.165, 1.54) is 38.8 Å². The molecule has 2 amide bonds. The Morgan fingerprint density at radius 1 is 1.14 bits per heavy atom. The van der Waals surface area contributed by atoms with Crippen molar-refractivity contribution in [3.8, 4) is 5.75 Å². The summed E-state index contributed by atoms with van der Waals surface area (Å²) in [5.41, 5.74) is 1.75. The highest BCUT2D eigenvalue weighted by Gasteiger charge is 2.29. The van der Waals surface area contributed by atoms with Gasteiger partial charge in [0, 0.05) is 6.54 Å². The minimum absolute atomic E-state index is 0.0237. The van der Waals surface area contributed by atoms with Crippen molar-refractivity contribution in [3.05, 3.63) is 23.8 Å². The summed E-state index contributed by atoms with van der Waals surface area (Å²) in [5.74, 6) is 0.359. The largest absolute Gasteiger partial charge is 0.482 e. The van der Waals surface area contributed by atoms with Gasteiger partial charge in [-0.1, -0.05) is 39.7 Å². The van der Waals surface area contributed by atoms with E-state index in [2.05, 4.69) is 31.0 Å². The van der Waals surface area contributed by atoms with Crippen LogP contribution in [0.1, 0.15) is 58.4 Å². The Hall–Kier alpha value is -2.08. The van der Waals surface area contributed by atoms with Crippen LogP contribution in [0.15, 0.2) is 18.2 Å². The van der Waals surface area contributed by atoms with E-state index in [1.54, 1.807) is 4.90 Å². The number of anilines is 1. The Labute approximate surface area is 174 Å². The lowest BCUT2D eigenvalue weighted by Gasteiger charge is -2.31. The van der Waals surface area contributed by atoms with E-state index >= 15 is 0 Å². The molecule has 1 N–H and O–H groups in total. The molecule has 0 bridgehead atoms. The third-order valence-electron chi connectivity index (χ3n) is 5.74. The van der Waals surface area contributed by atoms with Gasteiger partial charge in [0.1, 0.15) is 12.3 Å². The monoisotopic (exact) mass is 401 g/mol. The van der Waals surface area contributed by atoms with Gasteiger partial charge in [0.25, 0.3) is 5.91 Å². The number of hydrogen-bond donors (Lipinski definition) is 1. The molecular weight excluding hydrogens is 366 g/mol. The van der Waals surface area contributed by atoms with Crippen LogP contribution in [-0.4, -0.2) is 56.0 Å². The zero-order chi connectivity index (χ0) is 20.9. The number of nitrogens with zero attached hydrogens (tertiary/aromatic N) is 2. The van der Waals surface area contributed by atoms with Gasteiger partial charge in [0.05, 0.1) is 5.69 Å². The number of carbonyl (C=O) groups is 2. The topological polar surface area (TPSA) is 61.9 Å². The number of amides is 2. The van der Waals surface area contributed by atoms with Gasteiger partial charge < -0.3 is 15.0 Å². The van der Waals surface area contributed by atoms with Crippen LogP contribution < -0.4 is 15.0 Å². The molecule has 1 aromatic rings. The first-order chi connectivity index (χ1) is 13.8. The third-order valence-corrected chi connectivity index (χ3v) is 5.74. The zero-order valence-electron chi connectivity index (χ0n) is 18.1. The summed E-state index contributed by atoms with van der Waals surface area (Å²) in [6.45, 7) is 10.4. The van der Waals surface area contributed by atoms with Crippen molar-refractivity contribution in [3.63, 3.8) is 0 Å². The van der Waals surface area contributed by atoms with Crippen LogP contribution in [-0.2, 0) is 15.0 Å². The highest BCUT2D eigenvalue weighted by molar-refractivity contribution is 6.02. The van der Waals surface area contributed by atoms with Crippen molar-refractivity contribution < 1.29 is 14.3 Å². The molecule has 2 aliphatic heterocycles.